The third-order valence-electron chi connectivity index (χ3n) is 4.39. The fraction of sp³-hybridized carbons (Fsp3) is 0.562. The molecule has 2 atom stereocenters. The highest BCUT2D eigenvalue weighted by Crippen LogP contribution is 2.47. The summed E-state index contributed by atoms with van der Waals surface area (Å²) in [5.41, 5.74) is 0. The van der Waals surface area contributed by atoms with Crippen LogP contribution in [-0.4, -0.2) is 44.0 Å². The molecule has 1 aromatic rings. The van der Waals surface area contributed by atoms with Crippen molar-refractivity contribution in [2.24, 2.45) is 5.92 Å². The summed E-state index contributed by atoms with van der Waals surface area (Å²) in [6.45, 7) is 3.37. The highest BCUT2D eigenvalue weighted by atomic mass is 32.2. The van der Waals surface area contributed by atoms with Crippen LogP contribution in [0, 0.1) is 5.92 Å². The molecular formula is C16H22N2O4S. The van der Waals surface area contributed by atoms with E-state index in [-0.39, 0.29) is 11.7 Å². The highest BCUT2D eigenvalue weighted by molar-refractivity contribution is 7.89. The zero-order valence-electron chi connectivity index (χ0n) is 13.2. The van der Waals surface area contributed by atoms with Gasteiger partial charge in [0.25, 0.3) is 0 Å². The first-order chi connectivity index (χ1) is 11.0. The zero-order chi connectivity index (χ0) is 16.4. The first kappa shape index (κ1) is 16.3. The van der Waals surface area contributed by atoms with Gasteiger partial charge in [0, 0.05) is 31.6 Å². The number of nitrogens with one attached hydrogen (secondary N) is 1. The van der Waals surface area contributed by atoms with E-state index in [0.29, 0.717) is 43.7 Å². The molecule has 0 aromatic carbocycles. The van der Waals surface area contributed by atoms with Gasteiger partial charge in [-0.1, -0.05) is 6.92 Å². The van der Waals surface area contributed by atoms with Gasteiger partial charge in [-0.05, 0) is 37.0 Å². The minimum absolute atomic E-state index is 0.210. The average molecular weight is 338 g/mol. The van der Waals surface area contributed by atoms with Crippen molar-refractivity contribution in [2.45, 2.75) is 25.7 Å². The quantitative estimate of drug-likeness (QED) is 0.799. The van der Waals surface area contributed by atoms with Gasteiger partial charge in [-0.2, -0.15) is 0 Å². The predicted octanol–water partition coefficient (Wildman–Crippen LogP) is 1.57. The molecule has 1 saturated carbocycles. The molecule has 2 fully saturated rings. The fourth-order valence-electron chi connectivity index (χ4n) is 2.84. The van der Waals surface area contributed by atoms with E-state index in [4.69, 9.17) is 4.42 Å². The van der Waals surface area contributed by atoms with Gasteiger partial charge in [-0.15, -0.1) is 0 Å². The van der Waals surface area contributed by atoms with E-state index in [1.807, 2.05) is 12.1 Å². The minimum atomic E-state index is -3.10. The van der Waals surface area contributed by atoms with Crippen LogP contribution in [-0.2, 0) is 14.8 Å². The van der Waals surface area contributed by atoms with E-state index in [0.717, 1.165) is 12.2 Å². The molecule has 7 heteroatoms. The fourth-order valence-corrected chi connectivity index (χ4v) is 4.37. The van der Waals surface area contributed by atoms with Crippen molar-refractivity contribution < 1.29 is 17.6 Å². The van der Waals surface area contributed by atoms with Crippen LogP contribution in [0.3, 0.4) is 0 Å². The van der Waals surface area contributed by atoms with Crippen LogP contribution in [0.25, 0.3) is 6.08 Å². The molecule has 23 heavy (non-hydrogen) atoms. The predicted molar refractivity (Wildman–Crippen MR) is 87.3 cm³/mol. The van der Waals surface area contributed by atoms with Gasteiger partial charge < -0.3 is 9.73 Å². The third kappa shape index (κ3) is 4.03. The molecule has 2 aliphatic rings. The summed E-state index contributed by atoms with van der Waals surface area (Å²) in [4.78, 5) is 11.7. The molecule has 0 spiro atoms. The van der Waals surface area contributed by atoms with Crippen LogP contribution in [0.4, 0.5) is 0 Å². The summed E-state index contributed by atoms with van der Waals surface area (Å²) in [5, 5.41) is 2.69. The summed E-state index contributed by atoms with van der Waals surface area (Å²) >= 11 is 0. The number of hydrogen-bond donors (Lipinski definition) is 1. The van der Waals surface area contributed by atoms with Crippen molar-refractivity contribution in [1.29, 1.82) is 0 Å². The average Bonchev–Trinajstić information content (AvgIpc) is 2.92. The van der Waals surface area contributed by atoms with Gasteiger partial charge in [0.15, 0.2) is 0 Å². The van der Waals surface area contributed by atoms with E-state index in [1.54, 1.807) is 6.08 Å². The van der Waals surface area contributed by atoms with Crippen LogP contribution in [0.1, 0.15) is 37.2 Å². The maximum Gasteiger partial charge on any atom is 0.244 e. The summed E-state index contributed by atoms with van der Waals surface area (Å²) in [6.07, 6.45) is 4.88. The van der Waals surface area contributed by atoms with E-state index >= 15 is 0 Å². The molecule has 6 nitrogen and oxygen atoms in total. The second-order valence-electron chi connectivity index (χ2n) is 6.25. The largest absolute Gasteiger partial charge is 0.461 e. The van der Waals surface area contributed by atoms with Gasteiger partial charge in [0.1, 0.15) is 11.5 Å². The first-order valence-corrected chi connectivity index (χ1v) is 9.60. The Hall–Kier alpha value is -1.60. The molecule has 1 saturated heterocycles. The molecule has 3 rings (SSSR count). The van der Waals surface area contributed by atoms with E-state index < -0.39 is 10.0 Å². The standard InChI is InChI=1S/C16H22N2O4S/c1-12-11-14(12)15-5-3-13(22-15)4-6-16(19)17-7-9-18-8-2-10-23(18,20)21/h3-6,12,14H,2,7-11H2,1H3,(H,17,19)/b6-4+. The molecule has 0 bridgehead atoms. The number of sulfonamides is 1. The molecule has 126 valence electrons. The molecule has 1 aliphatic heterocycles. The van der Waals surface area contributed by atoms with E-state index in [2.05, 4.69) is 12.2 Å². The lowest BCUT2D eigenvalue weighted by atomic mass is 10.3. The van der Waals surface area contributed by atoms with Gasteiger partial charge in [-0.3, -0.25) is 4.79 Å². The minimum Gasteiger partial charge on any atom is -0.461 e. The number of carbonyl (C=O) groups is 1. The lowest BCUT2D eigenvalue weighted by Crippen LogP contribution is -2.35. The van der Waals surface area contributed by atoms with Crippen molar-refractivity contribution in [3.63, 3.8) is 0 Å². The monoisotopic (exact) mass is 338 g/mol. The number of rotatable bonds is 6. The van der Waals surface area contributed by atoms with Gasteiger partial charge >= 0.3 is 0 Å². The second-order valence-corrected chi connectivity index (χ2v) is 8.34. The number of hydrogen-bond acceptors (Lipinski definition) is 4. The van der Waals surface area contributed by atoms with Crippen LogP contribution in [0.15, 0.2) is 22.6 Å². The summed E-state index contributed by atoms with van der Waals surface area (Å²) in [5.74, 6) is 2.81. The van der Waals surface area contributed by atoms with Crippen molar-refractivity contribution >= 4 is 22.0 Å². The molecular weight excluding hydrogens is 316 g/mol. The Labute approximate surface area is 136 Å². The molecule has 1 aromatic heterocycles. The van der Waals surface area contributed by atoms with E-state index in [9.17, 15) is 13.2 Å². The Bertz CT molecular complexity index is 707. The lowest BCUT2D eigenvalue weighted by molar-refractivity contribution is -0.116. The second kappa shape index (κ2) is 6.49. The summed E-state index contributed by atoms with van der Waals surface area (Å²) < 4.78 is 30.4. The van der Waals surface area contributed by atoms with Crippen LogP contribution in [0.5, 0.6) is 0 Å². The molecule has 1 N–H and O–H groups in total. The Morgan fingerprint density at radius 1 is 1.48 bits per heavy atom. The van der Waals surface area contributed by atoms with Crippen LogP contribution >= 0.6 is 0 Å². The molecule has 1 amide bonds. The van der Waals surface area contributed by atoms with Crippen LogP contribution in [0.2, 0.25) is 0 Å². The van der Waals surface area contributed by atoms with Gasteiger partial charge in [0.05, 0.1) is 5.75 Å². The summed E-state index contributed by atoms with van der Waals surface area (Å²) in [6, 6.07) is 3.82. The van der Waals surface area contributed by atoms with Gasteiger partial charge in [-0.25, -0.2) is 12.7 Å². The maximum absolute atomic E-state index is 11.7. The number of carbonyl (C=O) groups excluding carboxylic acids is 1. The normalized spacial score (nSPS) is 26.7. The Morgan fingerprint density at radius 3 is 2.91 bits per heavy atom. The lowest BCUT2D eigenvalue weighted by Gasteiger charge is -2.13. The molecule has 2 unspecified atom stereocenters. The number of amides is 1. The topological polar surface area (TPSA) is 79.6 Å². The summed E-state index contributed by atoms with van der Waals surface area (Å²) in [7, 11) is -3.10. The van der Waals surface area contributed by atoms with Crippen molar-refractivity contribution in [3.05, 3.63) is 29.7 Å². The van der Waals surface area contributed by atoms with Crippen molar-refractivity contribution in [3.8, 4) is 0 Å². The van der Waals surface area contributed by atoms with E-state index in [1.165, 1.54) is 10.4 Å². The molecule has 1 aliphatic carbocycles. The third-order valence-corrected chi connectivity index (χ3v) is 6.34. The van der Waals surface area contributed by atoms with Crippen molar-refractivity contribution in [2.75, 3.05) is 25.4 Å². The number of nitrogens with zero attached hydrogens (tertiary/aromatic N) is 1. The van der Waals surface area contributed by atoms with Crippen molar-refractivity contribution in [1.82, 2.24) is 9.62 Å². The Balaban J connectivity index is 1.43. The van der Waals surface area contributed by atoms with Crippen LogP contribution < -0.4 is 5.32 Å². The Kier molecular flexibility index (Phi) is 4.59. The zero-order valence-corrected chi connectivity index (χ0v) is 14.0. The highest BCUT2D eigenvalue weighted by Gasteiger charge is 2.36. The molecule has 2 heterocycles. The number of furan rings is 1. The van der Waals surface area contributed by atoms with Gasteiger partial charge in [0.2, 0.25) is 15.9 Å². The maximum atomic E-state index is 11.7. The smallest absolute Gasteiger partial charge is 0.244 e. The Morgan fingerprint density at radius 2 is 2.26 bits per heavy atom. The first-order valence-electron chi connectivity index (χ1n) is 7.99. The SMILES string of the molecule is CC1CC1c1ccc(/C=C/C(=O)NCCN2CCCS2(=O)=O)o1. The molecule has 0 radical (unpaired) electrons.